The minimum Gasteiger partial charge on any atom is -0.462 e. The molecule has 6 nitrogen and oxygen atoms in total. The summed E-state index contributed by atoms with van der Waals surface area (Å²) in [7, 11) is 0. The van der Waals surface area contributed by atoms with E-state index in [1.54, 1.807) is 0 Å². The van der Waals surface area contributed by atoms with E-state index < -0.39 is 6.10 Å². The Morgan fingerprint density at radius 1 is 0.288 bits per heavy atom. The third-order valence-corrected chi connectivity index (χ3v) is 12.1. The van der Waals surface area contributed by atoms with Gasteiger partial charge in [0.05, 0.1) is 0 Å². The van der Waals surface area contributed by atoms with Crippen LogP contribution in [0.15, 0.2) is 134 Å². The average Bonchev–Trinajstić information content (AvgIpc) is 3.39. The van der Waals surface area contributed by atoms with Crippen molar-refractivity contribution >= 4 is 17.9 Å². The lowest BCUT2D eigenvalue weighted by atomic mass is 10.1. The second-order valence-corrected chi connectivity index (χ2v) is 19.1. The van der Waals surface area contributed by atoms with Gasteiger partial charge in [-0.25, -0.2) is 0 Å². The molecule has 1 unspecified atom stereocenters. The zero-order chi connectivity index (χ0) is 52.9. The van der Waals surface area contributed by atoms with Gasteiger partial charge in [0.25, 0.3) is 0 Å². The quantitative estimate of drug-likeness (QED) is 0.0261. The maximum atomic E-state index is 12.9. The van der Waals surface area contributed by atoms with Crippen molar-refractivity contribution in [3.8, 4) is 0 Å². The Labute approximate surface area is 449 Å². The molecule has 0 bridgehead atoms. The molecule has 0 aliphatic carbocycles. The van der Waals surface area contributed by atoms with Crippen LogP contribution < -0.4 is 0 Å². The highest BCUT2D eigenvalue weighted by Crippen LogP contribution is 2.14. The highest BCUT2D eigenvalue weighted by Gasteiger charge is 2.19. The molecule has 0 radical (unpaired) electrons. The standard InChI is InChI=1S/C67H108O6/c1-4-7-10-13-16-19-22-25-28-30-31-32-33-34-35-37-39-42-45-48-51-54-57-60-66(69)72-63-64(62-71-65(68)59-56-53-50-47-44-41-38-27-24-21-18-15-12-9-6-3)73-67(70)61-58-55-52-49-46-43-40-36-29-26-23-20-17-14-11-8-5-2/h7-8,10-11,16-17,19-20,25-29,31-32,34-35,38-39,42,48,51,64H,4-6,9,12-15,18,21-24,30,33,36-37,40-41,43-47,49-50,52-63H2,1-3H3/b10-7-,11-8-,19-16-,20-17-,28-25-,29-26-,32-31-,35-34-,38-27-,42-39-,51-48-. The molecule has 0 spiro atoms. The molecule has 0 heterocycles. The van der Waals surface area contributed by atoms with E-state index in [0.29, 0.717) is 19.3 Å². The van der Waals surface area contributed by atoms with E-state index in [2.05, 4.69) is 154 Å². The summed E-state index contributed by atoms with van der Waals surface area (Å²) in [5.41, 5.74) is 0. The maximum Gasteiger partial charge on any atom is 0.306 e. The number of rotatable bonds is 52. The maximum absolute atomic E-state index is 12.9. The number of hydrogen-bond donors (Lipinski definition) is 0. The number of carbonyl (C=O) groups is 3. The van der Waals surface area contributed by atoms with E-state index in [9.17, 15) is 14.4 Å². The van der Waals surface area contributed by atoms with Crippen molar-refractivity contribution in [1.29, 1.82) is 0 Å². The van der Waals surface area contributed by atoms with E-state index in [4.69, 9.17) is 14.2 Å². The third-order valence-electron chi connectivity index (χ3n) is 12.1. The molecule has 0 aromatic heterocycles. The van der Waals surface area contributed by atoms with Crippen LogP contribution >= 0.6 is 0 Å². The first kappa shape index (κ1) is 68.6. The highest BCUT2D eigenvalue weighted by molar-refractivity contribution is 5.71. The first-order valence-electron chi connectivity index (χ1n) is 29.7. The fourth-order valence-electron chi connectivity index (χ4n) is 7.73. The number of esters is 3. The largest absolute Gasteiger partial charge is 0.462 e. The van der Waals surface area contributed by atoms with Gasteiger partial charge in [-0.15, -0.1) is 0 Å². The molecule has 1 atom stereocenters. The van der Waals surface area contributed by atoms with Crippen LogP contribution in [0.2, 0.25) is 0 Å². The van der Waals surface area contributed by atoms with Gasteiger partial charge in [-0.3, -0.25) is 14.4 Å². The van der Waals surface area contributed by atoms with E-state index in [1.165, 1.54) is 70.6 Å². The molecule has 0 rings (SSSR count). The number of unbranched alkanes of at least 4 members (excludes halogenated alkanes) is 19. The van der Waals surface area contributed by atoms with Crippen LogP contribution in [-0.4, -0.2) is 37.2 Å². The van der Waals surface area contributed by atoms with E-state index in [1.807, 2.05) is 0 Å². The van der Waals surface area contributed by atoms with Crippen LogP contribution in [0, 0.1) is 0 Å². The number of carbonyl (C=O) groups excluding carboxylic acids is 3. The molecule has 73 heavy (non-hydrogen) atoms. The van der Waals surface area contributed by atoms with E-state index >= 15 is 0 Å². The Morgan fingerprint density at radius 2 is 0.548 bits per heavy atom. The molecular weight excluding hydrogens is 901 g/mol. The fourth-order valence-corrected chi connectivity index (χ4v) is 7.73. The van der Waals surface area contributed by atoms with Crippen LogP contribution in [0.4, 0.5) is 0 Å². The van der Waals surface area contributed by atoms with Gasteiger partial charge < -0.3 is 14.2 Å². The van der Waals surface area contributed by atoms with Crippen LogP contribution in [-0.2, 0) is 28.6 Å². The number of allylic oxidation sites excluding steroid dienone is 22. The molecule has 0 aliphatic heterocycles. The number of hydrogen-bond acceptors (Lipinski definition) is 6. The van der Waals surface area contributed by atoms with Crippen molar-refractivity contribution < 1.29 is 28.6 Å². The normalized spacial score (nSPS) is 13.1. The van der Waals surface area contributed by atoms with Gasteiger partial charge in [0, 0.05) is 19.3 Å². The van der Waals surface area contributed by atoms with E-state index in [-0.39, 0.29) is 37.5 Å². The summed E-state index contributed by atoms with van der Waals surface area (Å²) in [5, 5.41) is 0. The van der Waals surface area contributed by atoms with Gasteiger partial charge in [0.1, 0.15) is 13.2 Å². The summed E-state index contributed by atoms with van der Waals surface area (Å²) in [6.07, 6.45) is 84.5. The summed E-state index contributed by atoms with van der Waals surface area (Å²) in [4.78, 5) is 38.2. The summed E-state index contributed by atoms with van der Waals surface area (Å²) >= 11 is 0. The molecule has 0 aromatic rings. The molecule has 0 fully saturated rings. The molecule has 0 aromatic carbocycles. The minimum atomic E-state index is -0.816. The lowest BCUT2D eigenvalue weighted by Crippen LogP contribution is -2.30. The second kappa shape index (κ2) is 60.1. The van der Waals surface area contributed by atoms with Gasteiger partial charge >= 0.3 is 17.9 Å². The minimum absolute atomic E-state index is 0.108. The van der Waals surface area contributed by atoms with Crippen molar-refractivity contribution in [2.24, 2.45) is 0 Å². The van der Waals surface area contributed by atoms with Crippen molar-refractivity contribution in [2.75, 3.05) is 13.2 Å². The van der Waals surface area contributed by atoms with Crippen molar-refractivity contribution in [3.63, 3.8) is 0 Å². The Kier molecular flexibility index (Phi) is 56.4. The van der Waals surface area contributed by atoms with Crippen LogP contribution in [0.1, 0.15) is 252 Å². The fraction of sp³-hybridized carbons (Fsp3) is 0.627. The van der Waals surface area contributed by atoms with Crippen LogP contribution in [0.25, 0.3) is 0 Å². The van der Waals surface area contributed by atoms with Crippen molar-refractivity contribution in [2.45, 2.75) is 258 Å². The Balaban J connectivity index is 4.52. The lowest BCUT2D eigenvalue weighted by molar-refractivity contribution is -0.167. The van der Waals surface area contributed by atoms with Gasteiger partial charge in [-0.05, 0) is 128 Å². The predicted octanol–water partition coefficient (Wildman–Crippen LogP) is 20.2. The van der Waals surface area contributed by atoms with Gasteiger partial charge in [0.2, 0.25) is 0 Å². The molecule has 0 saturated carbocycles. The van der Waals surface area contributed by atoms with Gasteiger partial charge in [0.15, 0.2) is 6.10 Å². The summed E-state index contributed by atoms with van der Waals surface area (Å²) in [5.74, 6) is -0.990. The summed E-state index contributed by atoms with van der Waals surface area (Å²) in [6.45, 7) is 6.34. The summed E-state index contributed by atoms with van der Waals surface area (Å²) < 4.78 is 16.8. The highest BCUT2D eigenvalue weighted by atomic mass is 16.6. The van der Waals surface area contributed by atoms with Crippen molar-refractivity contribution in [1.82, 2.24) is 0 Å². The average molecular weight is 1010 g/mol. The molecule has 0 N–H and O–H groups in total. The molecular formula is C67H108O6. The predicted molar refractivity (Wildman–Crippen MR) is 316 cm³/mol. The molecule has 0 aliphatic rings. The van der Waals surface area contributed by atoms with Gasteiger partial charge in [-0.1, -0.05) is 238 Å². The zero-order valence-electron chi connectivity index (χ0n) is 47.1. The van der Waals surface area contributed by atoms with Crippen LogP contribution in [0.5, 0.6) is 0 Å². The lowest BCUT2D eigenvalue weighted by Gasteiger charge is -2.18. The molecule has 0 amide bonds. The Bertz CT molecular complexity index is 1580. The smallest absolute Gasteiger partial charge is 0.306 e. The third kappa shape index (κ3) is 58.3. The molecule has 6 heteroatoms. The van der Waals surface area contributed by atoms with Crippen LogP contribution in [0.3, 0.4) is 0 Å². The summed E-state index contributed by atoms with van der Waals surface area (Å²) in [6, 6.07) is 0. The molecule has 412 valence electrons. The Hall–Kier alpha value is -4.45. The second-order valence-electron chi connectivity index (χ2n) is 19.1. The topological polar surface area (TPSA) is 78.9 Å². The molecule has 0 saturated heterocycles. The SMILES string of the molecule is CC/C=C\C/C=C\C/C=C\C/C=C\C/C=C\C/C=C\C/C=C\CCCC(=O)OCC(COC(=O)CCCCCCC/C=C\CCCCCCCC)OC(=O)CCCCCCCCC/C=C\C/C=C\C/C=C\CC. The van der Waals surface area contributed by atoms with Crippen molar-refractivity contribution in [3.05, 3.63) is 134 Å². The first-order valence-corrected chi connectivity index (χ1v) is 29.7. The number of ether oxygens (including phenoxy) is 3. The van der Waals surface area contributed by atoms with E-state index in [0.717, 1.165) is 135 Å². The zero-order valence-corrected chi connectivity index (χ0v) is 47.1. The Morgan fingerprint density at radius 3 is 0.904 bits per heavy atom. The first-order chi connectivity index (χ1) is 36.0. The van der Waals surface area contributed by atoms with Gasteiger partial charge in [-0.2, -0.15) is 0 Å². The monoisotopic (exact) mass is 1010 g/mol.